The number of nitrogens with zero attached hydrogens (tertiary/aromatic N) is 2. The lowest BCUT2D eigenvalue weighted by Gasteiger charge is -2.10. The molecule has 0 atom stereocenters. The summed E-state index contributed by atoms with van der Waals surface area (Å²) < 4.78 is 7.43. The molecule has 1 aromatic heterocycles. The first kappa shape index (κ1) is 17.0. The van der Waals surface area contributed by atoms with E-state index in [1.54, 1.807) is 10.7 Å². The van der Waals surface area contributed by atoms with E-state index in [-0.39, 0.29) is 5.97 Å². The van der Waals surface area contributed by atoms with Crippen LogP contribution in [0.2, 0.25) is 0 Å². The van der Waals surface area contributed by atoms with Crippen molar-refractivity contribution in [1.82, 2.24) is 9.78 Å². The second-order valence-electron chi connectivity index (χ2n) is 6.13. The van der Waals surface area contributed by atoms with Gasteiger partial charge in [0.1, 0.15) is 0 Å². The van der Waals surface area contributed by atoms with Crippen molar-refractivity contribution in [2.75, 3.05) is 0 Å². The molecule has 4 heteroatoms. The molecule has 3 rings (SSSR count). The highest BCUT2D eigenvalue weighted by Gasteiger charge is 2.17. The quantitative estimate of drug-likeness (QED) is 0.637. The van der Waals surface area contributed by atoms with Crippen LogP contribution in [0.15, 0.2) is 54.6 Å². The molecule has 1 heterocycles. The fraction of sp³-hybridized carbons (Fsp3) is 0.238. The number of hydrogen-bond donors (Lipinski definition) is 0. The third kappa shape index (κ3) is 3.63. The normalized spacial score (nSPS) is 10.7. The Morgan fingerprint density at radius 2 is 1.72 bits per heavy atom. The van der Waals surface area contributed by atoms with E-state index in [0.29, 0.717) is 11.4 Å². The van der Waals surface area contributed by atoms with Crippen molar-refractivity contribution in [1.29, 1.82) is 0 Å². The number of hydrogen-bond acceptors (Lipinski definition) is 3. The summed E-state index contributed by atoms with van der Waals surface area (Å²) in [7, 11) is 0. The summed E-state index contributed by atoms with van der Waals surface area (Å²) in [4.78, 5) is 12.6. The molecule has 0 saturated carbocycles. The lowest BCUT2D eigenvalue weighted by Crippen LogP contribution is -2.13. The Kier molecular flexibility index (Phi) is 4.98. The SMILES string of the molecule is CCCc1cc(OC(=O)c2ccccc2C)n(-c2ccccc2C)n1. The van der Waals surface area contributed by atoms with Crippen LogP contribution in [0.4, 0.5) is 0 Å². The lowest BCUT2D eigenvalue weighted by atomic mass is 10.1. The Balaban J connectivity index is 1.99. The number of para-hydroxylation sites is 1. The van der Waals surface area contributed by atoms with Crippen molar-refractivity contribution in [3.05, 3.63) is 77.0 Å². The Morgan fingerprint density at radius 1 is 1.04 bits per heavy atom. The van der Waals surface area contributed by atoms with Gasteiger partial charge in [-0.1, -0.05) is 49.7 Å². The molecule has 0 aliphatic rings. The molecule has 0 aliphatic heterocycles. The van der Waals surface area contributed by atoms with Crippen molar-refractivity contribution in [2.45, 2.75) is 33.6 Å². The number of benzene rings is 2. The van der Waals surface area contributed by atoms with Gasteiger partial charge in [-0.15, -0.1) is 0 Å². The zero-order valence-electron chi connectivity index (χ0n) is 14.8. The fourth-order valence-corrected chi connectivity index (χ4v) is 2.79. The van der Waals surface area contributed by atoms with Gasteiger partial charge in [0.05, 0.1) is 16.9 Å². The summed E-state index contributed by atoms with van der Waals surface area (Å²) in [6.45, 7) is 6.02. The van der Waals surface area contributed by atoms with Gasteiger partial charge < -0.3 is 4.74 Å². The minimum atomic E-state index is -0.365. The van der Waals surface area contributed by atoms with Gasteiger partial charge in [-0.05, 0) is 43.5 Å². The van der Waals surface area contributed by atoms with Crippen LogP contribution in [0.25, 0.3) is 5.69 Å². The Bertz CT molecular complexity index is 896. The van der Waals surface area contributed by atoms with Crippen LogP contribution in [-0.4, -0.2) is 15.7 Å². The molecule has 25 heavy (non-hydrogen) atoms. The summed E-state index contributed by atoms with van der Waals surface area (Å²) in [5, 5.41) is 4.64. The second-order valence-corrected chi connectivity index (χ2v) is 6.13. The number of carbonyl (C=O) groups excluding carboxylic acids is 1. The van der Waals surface area contributed by atoms with Crippen molar-refractivity contribution in [2.24, 2.45) is 0 Å². The summed E-state index contributed by atoms with van der Waals surface area (Å²) in [5.74, 6) is 0.0851. The first-order chi connectivity index (χ1) is 12.1. The molecule has 4 nitrogen and oxygen atoms in total. The zero-order chi connectivity index (χ0) is 17.8. The van der Waals surface area contributed by atoms with Gasteiger partial charge >= 0.3 is 5.97 Å². The predicted molar refractivity (Wildman–Crippen MR) is 98.4 cm³/mol. The summed E-state index contributed by atoms with van der Waals surface area (Å²) in [6, 6.07) is 17.2. The number of ether oxygens (including phenoxy) is 1. The van der Waals surface area contributed by atoms with Gasteiger partial charge in [0, 0.05) is 6.07 Å². The predicted octanol–water partition coefficient (Wildman–Crippen LogP) is 4.66. The highest BCUT2D eigenvalue weighted by molar-refractivity contribution is 5.92. The van der Waals surface area contributed by atoms with Crippen molar-refractivity contribution in [3.8, 4) is 11.6 Å². The lowest BCUT2D eigenvalue weighted by molar-refractivity contribution is 0.0722. The van der Waals surface area contributed by atoms with E-state index in [1.165, 1.54) is 0 Å². The van der Waals surface area contributed by atoms with E-state index in [0.717, 1.165) is 35.3 Å². The minimum Gasteiger partial charge on any atom is -0.404 e. The highest BCUT2D eigenvalue weighted by atomic mass is 16.5. The molecule has 0 bridgehead atoms. The molecule has 0 saturated heterocycles. The van der Waals surface area contributed by atoms with Crippen LogP contribution >= 0.6 is 0 Å². The van der Waals surface area contributed by atoms with E-state index in [1.807, 2.05) is 62.4 Å². The van der Waals surface area contributed by atoms with Crippen molar-refractivity contribution < 1.29 is 9.53 Å². The molecule has 0 spiro atoms. The molecule has 3 aromatic rings. The van der Waals surface area contributed by atoms with Crippen LogP contribution in [0, 0.1) is 13.8 Å². The number of esters is 1. The number of carbonyl (C=O) groups is 1. The van der Waals surface area contributed by atoms with Crippen LogP contribution in [0.5, 0.6) is 5.88 Å². The first-order valence-electron chi connectivity index (χ1n) is 8.53. The van der Waals surface area contributed by atoms with Crippen LogP contribution in [0.1, 0.15) is 40.5 Å². The maximum absolute atomic E-state index is 12.6. The van der Waals surface area contributed by atoms with E-state index < -0.39 is 0 Å². The van der Waals surface area contributed by atoms with Gasteiger partial charge in [-0.3, -0.25) is 0 Å². The van der Waals surface area contributed by atoms with E-state index in [4.69, 9.17) is 4.74 Å². The van der Waals surface area contributed by atoms with Crippen LogP contribution in [0.3, 0.4) is 0 Å². The average Bonchev–Trinajstić information content (AvgIpc) is 2.98. The third-order valence-electron chi connectivity index (χ3n) is 4.14. The Morgan fingerprint density at radius 3 is 2.40 bits per heavy atom. The number of aromatic nitrogens is 2. The Hall–Kier alpha value is -2.88. The highest BCUT2D eigenvalue weighted by Crippen LogP contribution is 2.24. The topological polar surface area (TPSA) is 44.1 Å². The van der Waals surface area contributed by atoms with Crippen LogP contribution < -0.4 is 4.74 Å². The molecular formula is C21H22N2O2. The molecule has 2 aromatic carbocycles. The van der Waals surface area contributed by atoms with Gasteiger partial charge in [0.15, 0.2) is 0 Å². The first-order valence-corrected chi connectivity index (χ1v) is 8.53. The standard InChI is InChI=1S/C21H22N2O2/c1-4-9-17-14-20(23(22-17)19-13-8-6-11-16(19)3)25-21(24)18-12-7-5-10-15(18)2/h5-8,10-14H,4,9H2,1-3H3. The molecule has 0 unspecified atom stereocenters. The smallest absolute Gasteiger partial charge is 0.345 e. The van der Waals surface area contributed by atoms with Gasteiger partial charge in [0.2, 0.25) is 5.88 Å². The summed E-state index contributed by atoms with van der Waals surface area (Å²) >= 11 is 0. The van der Waals surface area contributed by atoms with Gasteiger partial charge in [-0.2, -0.15) is 5.10 Å². The number of rotatable bonds is 5. The number of aryl methyl sites for hydroxylation is 3. The maximum atomic E-state index is 12.6. The molecule has 0 fully saturated rings. The zero-order valence-corrected chi connectivity index (χ0v) is 14.8. The third-order valence-corrected chi connectivity index (χ3v) is 4.14. The van der Waals surface area contributed by atoms with Gasteiger partial charge in [0.25, 0.3) is 0 Å². The summed E-state index contributed by atoms with van der Waals surface area (Å²) in [5.41, 5.74) is 4.36. The van der Waals surface area contributed by atoms with Gasteiger partial charge in [-0.25, -0.2) is 9.48 Å². The monoisotopic (exact) mass is 334 g/mol. The molecule has 128 valence electrons. The average molecular weight is 334 g/mol. The summed E-state index contributed by atoms with van der Waals surface area (Å²) in [6.07, 6.45) is 1.82. The Labute approximate surface area is 148 Å². The molecule has 0 radical (unpaired) electrons. The van der Waals surface area contributed by atoms with Crippen LogP contribution in [-0.2, 0) is 6.42 Å². The van der Waals surface area contributed by atoms with E-state index in [9.17, 15) is 4.79 Å². The molecule has 0 N–H and O–H groups in total. The fourth-order valence-electron chi connectivity index (χ4n) is 2.79. The van der Waals surface area contributed by atoms with E-state index >= 15 is 0 Å². The largest absolute Gasteiger partial charge is 0.404 e. The second kappa shape index (κ2) is 7.34. The van der Waals surface area contributed by atoms with Crippen molar-refractivity contribution in [3.63, 3.8) is 0 Å². The minimum absolute atomic E-state index is 0.365. The van der Waals surface area contributed by atoms with Crippen molar-refractivity contribution >= 4 is 5.97 Å². The molecular weight excluding hydrogens is 312 g/mol. The van der Waals surface area contributed by atoms with E-state index in [2.05, 4.69) is 12.0 Å². The molecule has 0 amide bonds. The molecule has 0 aliphatic carbocycles. The maximum Gasteiger partial charge on any atom is 0.345 e.